The van der Waals surface area contributed by atoms with Crippen LogP contribution in [0, 0.1) is 0 Å². The van der Waals surface area contributed by atoms with Gasteiger partial charge < -0.3 is 5.11 Å². The molecule has 6 heteroatoms. The Labute approximate surface area is 123 Å². The standard InChI is InChI=1S/C14H15NO3S2/c1-15(2)20(17,18)14-9-4-3-8-13(14)19-12-7-5-6-11(16)10-12/h3-10,16H,1-2H3. The first-order chi connectivity index (χ1) is 9.41. The summed E-state index contributed by atoms with van der Waals surface area (Å²) in [5.41, 5.74) is 0. The van der Waals surface area contributed by atoms with Crippen LogP contribution in [0.25, 0.3) is 0 Å². The number of aromatic hydroxyl groups is 1. The van der Waals surface area contributed by atoms with Crippen LogP contribution in [0.4, 0.5) is 0 Å². The van der Waals surface area contributed by atoms with E-state index in [1.165, 1.54) is 30.2 Å². The summed E-state index contributed by atoms with van der Waals surface area (Å²) in [6, 6.07) is 13.6. The first-order valence-electron chi connectivity index (χ1n) is 5.90. The van der Waals surface area contributed by atoms with Gasteiger partial charge in [-0.3, -0.25) is 0 Å². The minimum absolute atomic E-state index is 0.156. The molecule has 0 saturated heterocycles. The molecule has 0 unspecified atom stereocenters. The Morgan fingerprint density at radius 3 is 2.40 bits per heavy atom. The molecular formula is C14H15NO3S2. The molecule has 2 rings (SSSR count). The maximum absolute atomic E-state index is 12.3. The van der Waals surface area contributed by atoms with Crippen molar-refractivity contribution in [1.82, 2.24) is 4.31 Å². The highest BCUT2D eigenvalue weighted by Crippen LogP contribution is 2.34. The van der Waals surface area contributed by atoms with Crippen molar-refractivity contribution in [3.8, 4) is 5.75 Å². The van der Waals surface area contributed by atoms with Gasteiger partial charge in [0.05, 0.1) is 4.90 Å². The van der Waals surface area contributed by atoms with Gasteiger partial charge in [-0.25, -0.2) is 12.7 Å². The molecule has 20 heavy (non-hydrogen) atoms. The summed E-state index contributed by atoms with van der Waals surface area (Å²) in [4.78, 5) is 1.68. The fraction of sp³-hybridized carbons (Fsp3) is 0.143. The smallest absolute Gasteiger partial charge is 0.243 e. The van der Waals surface area contributed by atoms with E-state index in [-0.39, 0.29) is 10.6 Å². The van der Waals surface area contributed by atoms with Crippen LogP contribution in [0.3, 0.4) is 0 Å². The summed E-state index contributed by atoms with van der Waals surface area (Å²) >= 11 is 1.31. The summed E-state index contributed by atoms with van der Waals surface area (Å²) in [6.07, 6.45) is 0. The molecule has 0 aliphatic heterocycles. The van der Waals surface area contributed by atoms with Crippen LogP contribution in [-0.2, 0) is 10.0 Å². The number of hydrogen-bond acceptors (Lipinski definition) is 4. The largest absolute Gasteiger partial charge is 0.508 e. The Balaban J connectivity index is 2.44. The van der Waals surface area contributed by atoms with Gasteiger partial charge >= 0.3 is 0 Å². The third kappa shape index (κ3) is 3.15. The highest BCUT2D eigenvalue weighted by molar-refractivity contribution is 8.00. The van der Waals surface area contributed by atoms with Crippen molar-refractivity contribution in [1.29, 1.82) is 0 Å². The highest BCUT2D eigenvalue weighted by atomic mass is 32.2. The number of sulfonamides is 1. The Hall–Kier alpha value is -1.50. The molecule has 0 aliphatic carbocycles. The Bertz CT molecular complexity index is 712. The van der Waals surface area contributed by atoms with Crippen LogP contribution in [0.15, 0.2) is 63.2 Å². The molecule has 0 aliphatic rings. The molecule has 0 bridgehead atoms. The van der Waals surface area contributed by atoms with Crippen LogP contribution in [0.2, 0.25) is 0 Å². The second-order valence-corrected chi connectivity index (χ2v) is 7.57. The zero-order chi connectivity index (χ0) is 14.8. The third-order valence-electron chi connectivity index (χ3n) is 2.65. The summed E-state index contributed by atoms with van der Waals surface area (Å²) in [6.45, 7) is 0. The number of nitrogens with zero attached hydrogens (tertiary/aromatic N) is 1. The molecule has 106 valence electrons. The monoisotopic (exact) mass is 309 g/mol. The first kappa shape index (κ1) is 14.9. The third-order valence-corrected chi connectivity index (χ3v) is 5.72. The van der Waals surface area contributed by atoms with Crippen molar-refractivity contribution in [2.24, 2.45) is 0 Å². The van der Waals surface area contributed by atoms with Crippen molar-refractivity contribution >= 4 is 21.8 Å². The van der Waals surface area contributed by atoms with Gasteiger partial charge in [-0.05, 0) is 30.3 Å². The van der Waals surface area contributed by atoms with Crippen LogP contribution in [-0.4, -0.2) is 31.9 Å². The van der Waals surface area contributed by atoms with Crippen molar-refractivity contribution in [2.75, 3.05) is 14.1 Å². The minimum atomic E-state index is -3.49. The van der Waals surface area contributed by atoms with Crippen LogP contribution < -0.4 is 0 Å². The molecule has 0 fully saturated rings. The Kier molecular flexibility index (Phi) is 4.37. The molecule has 4 nitrogen and oxygen atoms in total. The van der Waals surface area contributed by atoms with Gasteiger partial charge in [-0.15, -0.1) is 0 Å². The van der Waals surface area contributed by atoms with Crippen molar-refractivity contribution in [3.05, 3.63) is 48.5 Å². The van der Waals surface area contributed by atoms with E-state index in [0.717, 1.165) is 4.90 Å². The van der Waals surface area contributed by atoms with Crippen LogP contribution >= 0.6 is 11.8 Å². The number of benzene rings is 2. The first-order valence-corrected chi connectivity index (χ1v) is 8.15. The van der Waals surface area contributed by atoms with E-state index in [1.54, 1.807) is 42.5 Å². The van der Waals surface area contributed by atoms with Gasteiger partial charge in [0.2, 0.25) is 10.0 Å². The van der Waals surface area contributed by atoms with E-state index < -0.39 is 10.0 Å². The molecular weight excluding hydrogens is 294 g/mol. The van der Waals surface area contributed by atoms with Gasteiger partial charge in [0.15, 0.2) is 0 Å². The highest BCUT2D eigenvalue weighted by Gasteiger charge is 2.21. The zero-order valence-corrected chi connectivity index (χ0v) is 12.8. The van der Waals surface area contributed by atoms with E-state index >= 15 is 0 Å². The maximum Gasteiger partial charge on any atom is 0.243 e. The molecule has 0 atom stereocenters. The van der Waals surface area contributed by atoms with Gasteiger partial charge in [0.25, 0.3) is 0 Å². The quantitative estimate of drug-likeness (QED) is 0.943. The van der Waals surface area contributed by atoms with Crippen molar-refractivity contribution in [2.45, 2.75) is 14.7 Å². The lowest BCUT2D eigenvalue weighted by Gasteiger charge is -2.14. The molecule has 0 heterocycles. The fourth-order valence-electron chi connectivity index (χ4n) is 1.62. The molecule has 0 aromatic heterocycles. The average Bonchev–Trinajstić information content (AvgIpc) is 2.39. The molecule has 0 spiro atoms. The minimum Gasteiger partial charge on any atom is -0.508 e. The van der Waals surface area contributed by atoms with Crippen LogP contribution in [0.5, 0.6) is 5.75 Å². The lowest BCUT2D eigenvalue weighted by molar-refractivity contribution is 0.474. The van der Waals surface area contributed by atoms with E-state index in [4.69, 9.17) is 0 Å². The van der Waals surface area contributed by atoms with E-state index in [2.05, 4.69) is 0 Å². The van der Waals surface area contributed by atoms with Crippen molar-refractivity contribution < 1.29 is 13.5 Å². The Morgan fingerprint density at radius 1 is 1.05 bits per heavy atom. The summed E-state index contributed by atoms with van der Waals surface area (Å²) in [5, 5.41) is 9.47. The average molecular weight is 309 g/mol. The lowest BCUT2D eigenvalue weighted by atomic mass is 10.3. The molecule has 0 amide bonds. The molecule has 0 radical (unpaired) electrons. The summed E-state index contributed by atoms with van der Waals surface area (Å²) in [7, 11) is -0.478. The van der Waals surface area contributed by atoms with Gasteiger partial charge in [-0.1, -0.05) is 30.0 Å². The maximum atomic E-state index is 12.3. The van der Waals surface area contributed by atoms with E-state index in [0.29, 0.717) is 4.90 Å². The normalized spacial score (nSPS) is 11.8. The van der Waals surface area contributed by atoms with Gasteiger partial charge in [0.1, 0.15) is 5.75 Å². The SMILES string of the molecule is CN(C)S(=O)(=O)c1ccccc1Sc1cccc(O)c1. The molecule has 2 aromatic carbocycles. The number of phenols is 1. The summed E-state index contributed by atoms with van der Waals surface area (Å²) in [5.74, 6) is 0.156. The van der Waals surface area contributed by atoms with E-state index in [1.807, 2.05) is 6.07 Å². The number of phenolic OH excluding ortho intramolecular Hbond substituents is 1. The lowest BCUT2D eigenvalue weighted by Crippen LogP contribution is -2.22. The molecule has 1 N–H and O–H groups in total. The van der Waals surface area contributed by atoms with Gasteiger partial charge in [-0.2, -0.15) is 0 Å². The number of hydrogen-bond donors (Lipinski definition) is 1. The second kappa shape index (κ2) is 5.87. The predicted molar refractivity (Wildman–Crippen MR) is 79.5 cm³/mol. The second-order valence-electron chi connectivity index (χ2n) is 4.33. The predicted octanol–water partition coefficient (Wildman–Crippen LogP) is 2.79. The van der Waals surface area contributed by atoms with Crippen LogP contribution in [0.1, 0.15) is 0 Å². The zero-order valence-electron chi connectivity index (χ0n) is 11.1. The number of rotatable bonds is 4. The molecule has 2 aromatic rings. The van der Waals surface area contributed by atoms with Crippen molar-refractivity contribution in [3.63, 3.8) is 0 Å². The fourth-order valence-corrected chi connectivity index (χ4v) is 3.92. The van der Waals surface area contributed by atoms with E-state index in [9.17, 15) is 13.5 Å². The molecule has 0 saturated carbocycles. The topological polar surface area (TPSA) is 57.6 Å². The van der Waals surface area contributed by atoms with Gasteiger partial charge in [0, 0.05) is 23.9 Å². The summed E-state index contributed by atoms with van der Waals surface area (Å²) < 4.78 is 25.7. The Morgan fingerprint density at radius 2 is 1.75 bits per heavy atom.